The molecule has 11 heavy (non-hydrogen) atoms. The van der Waals surface area contributed by atoms with Crippen molar-refractivity contribution in [1.82, 2.24) is 5.32 Å². The number of hydrogen-bond donors (Lipinski definition) is 2. The zero-order chi connectivity index (χ0) is 8.69. The van der Waals surface area contributed by atoms with E-state index in [1.165, 1.54) is 6.08 Å². The van der Waals surface area contributed by atoms with Crippen LogP contribution in [0.1, 0.15) is 6.92 Å². The van der Waals surface area contributed by atoms with E-state index in [1.807, 2.05) is 0 Å². The summed E-state index contributed by atoms with van der Waals surface area (Å²) in [5.41, 5.74) is 0. The molecular formula is C7H13NO3. The summed E-state index contributed by atoms with van der Waals surface area (Å²) in [6.07, 6.45) is 0.388. The third kappa shape index (κ3) is 6.86. The van der Waals surface area contributed by atoms with E-state index in [0.29, 0.717) is 0 Å². The van der Waals surface area contributed by atoms with Gasteiger partial charge in [0, 0.05) is 6.54 Å². The van der Waals surface area contributed by atoms with Crippen molar-refractivity contribution in [3.8, 4) is 0 Å². The fourth-order valence-electron chi connectivity index (χ4n) is 0.417. The molecule has 0 radical (unpaired) electrons. The highest BCUT2D eigenvalue weighted by Gasteiger charge is 2.00. The van der Waals surface area contributed by atoms with Gasteiger partial charge in [-0.1, -0.05) is 12.7 Å². The molecule has 0 rings (SSSR count). The van der Waals surface area contributed by atoms with Crippen molar-refractivity contribution in [2.45, 2.75) is 13.0 Å². The lowest BCUT2D eigenvalue weighted by Crippen LogP contribution is -2.31. The number of hydrogen-bond acceptors (Lipinski definition) is 3. The van der Waals surface area contributed by atoms with Gasteiger partial charge in [0.05, 0.1) is 6.10 Å². The van der Waals surface area contributed by atoms with Gasteiger partial charge in [0.25, 0.3) is 0 Å². The summed E-state index contributed by atoms with van der Waals surface area (Å²) >= 11 is 0. The number of aliphatic hydroxyl groups is 1. The average molecular weight is 159 g/mol. The fraction of sp³-hybridized carbons (Fsp3) is 0.571. The van der Waals surface area contributed by atoms with Gasteiger partial charge in [-0.25, -0.2) is 4.79 Å². The average Bonchev–Trinajstić information content (AvgIpc) is 1.97. The van der Waals surface area contributed by atoms with Crippen LogP contribution in [0.4, 0.5) is 4.79 Å². The molecule has 0 aromatic heterocycles. The van der Waals surface area contributed by atoms with Crippen LogP contribution in [0.2, 0.25) is 0 Å². The summed E-state index contributed by atoms with van der Waals surface area (Å²) in [5.74, 6) is 0. The topological polar surface area (TPSA) is 58.6 Å². The number of amides is 1. The Hall–Kier alpha value is -1.03. The fourth-order valence-corrected chi connectivity index (χ4v) is 0.417. The summed E-state index contributed by atoms with van der Waals surface area (Å²) in [7, 11) is 0. The number of nitrogens with one attached hydrogen (secondary N) is 1. The van der Waals surface area contributed by atoms with Gasteiger partial charge in [-0.2, -0.15) is 0 Å². The second-order valence-electron chi connectivity index (χ2n) is 2.12. The van der Waals surface area contributed by atoms with E-state index in [-0.39, 0.29) is 13.2 Å². The minimum atomic E-state index is -0.550. The molecular weight excluding hydrogens is 146 g/mol. The largest absolute Gasteiger partial charge is 0.445 e. The van der Waals surface area contributed by atoms with E-state index in [4.69, 9.17) is 5.11 Å². The number of alkyl carbamates (subject to hydrolysis) is 1. The summed E-state index contributed by atoms with van der Waals surface area (Å²) in [6.45, 7) is 5.34. The first kappa shape index (κ1) is 9.97. The number of carbonyl (C=O) groups is 1. The lowest BCUT2D eigenvalue weighted by molar-refractivity contribution is 0.144. The minimum absolute atomic E-state index is 0.186. The lowest BCUT2D eigenvalue weighted by atomic mass is 10.4. The number of rotatable bonds is 4. The van der Waals surface area contributed by atoms with Gasteiger partial charge in [-0.05, 0) is 6.92 Å². The van der Waals surface area contributed by atoms with Crippen LogP contribution in [0.15, 0.2) is 12.7 Å². The lowest BCUT2D eigenvalue weighted by Gasteiger charge is -2.05. The van der Waals surface area contributed by atoms with Crippen LogP contribution in [-0.4, -0.2) is 30.5 Å². The zero-order valence-corrected chi connectivity index (χ0v) is 6.54. The normalized spacial score (nSPS) is 11.8. The molecule has 4 heteroatoms. The molecule has 0 aliphatic carbocycles. The maximum Gasteiger partial charge on any atom is 0.407 e. The highest BCUT2D eigenvalue weighted by Crippen LogP contribution is 1.80. The van der Waals surface area contributed by atoms with Gasteiger partial charge in [-0.3, -0.25) is 0 Å². The summed E-state index contributed by atoms with van der Waals surface area (Å²) in [4.78, 5) is 10.6. The Balaban J connectivity index is 3.29. The van der Waals surface area contributed by atoms with Crippen molar-refractivity contribution in [3.63, 3.8) is 0 Å². The first-order valence-electron chi connectivity index (χ1n) is 3.36. The van der Waals surface area contributed by atoms with Crippen LogP contribution in [0.25, 0.3) is 0 Å². The van der Waals surface area contributed by atoms with Crippen LogP contribution in [-0.2, 0) is 4.74 Å². The van der Waals surface area contributed by atoms with Crippen molar-refractivity contribution >= 4 is 6.09 Å². The Morgan fingerprint density at radius 1 is 1.91 bits per heavy atom. The first-order chi connectivity index (χ1) is 5.16. The van der Waals surface area contributed by atoms with Crippen LogP contribution in [0, 0.1) is 0 Å². The van der Waals surface area contributed by atoms with E-state index in [1.54, 1.807) is 6.92 Å². The molecule has 0 aromatic carbocycles. The van der Waals surface area contributed by atoms with Crippen molar-refractivity contribution in [2.24, 2.45) is 0 Å². The van der Waals surface area contributed by atoms with E-state index in [9.17, 15) is 4.79 Å². The monoisotopic (exact) mass is 159 g/mol. The molecule has 0 aliphatic heterocycles. The molecule has 2 N–H and O–H groups in total. The predicted octanol–water partition coefficient (Wildman–Crippen LogP) is 0.279. The van der Waals surface area contributed by atoms with E-state index < -0.39 is 12.2 Å². The van der Waals surface area contributed by atoms with Crippen LogP contribution < -0.4 is 5.32 Å². The molecule has 0 aliphatic rings. The first-order valence-corrected chi connectivity index (χ1v) is 3.36. The summed E-state index contributed by atoms with van der Waals surface area (Å²) in [5, 5.41) is 11.1. The Labute approximate surface area is 65.9 Å². The number of carbonyl (C=O) groups excluding carboxylic acids is 1. The van der Waals surface area contributed by atoms with E-state index >= 15 is 0 Å². The smallest absolute Gasteiger partial charge is 0.407 e. The molecule has 0 spiro atoms. The highest BCUT2D eigenvalue weighted by molar-refractivity contribution is 5.67. The van der Waals surface area contributed by atoms with E-state index in [2.05, 4.69) is 16.6 Å². The standard InChI is InChI=1S/C7H13NO3/c1-3-4-11-7(10)8-5-6(2)9/h3,6,9H,1,4-5H2,2H3,(H,8,10)/t6-/m0/s1. The maximum absolute atomic E-state index is 10.6. The second-order valence-corrected chi connectivity index (χ2v) is 2.12. The summed E-state index contributed by atoms with van der Waals surface area (Å²) < 4.78 is 4.56. The molecule has 0 heterocycles. The molecule has 0 unspecified atom stereocenters. The van der Waals surface area contributed by atoms with Gasteiger partial charge < -0.3 is 15.2 Å². The molecule has 0 fully saturated rings. The third-order valence-electron chi connectivity index (χ3n) is 0.874. The SMILES string of the molecule is C=CCOC(=O)NC[C@H](C)O. The molecule has 0 aromatic rings. The van der Waals surface area contributed by atoms with Gasteiger partial charge in [0.15, 0.2) is 0 Å². The van der Waals surface area contributed by atoms with Crippen LogP contribution in [0.3, 0.4) is 0 Å². The summed E-state index contributed by atoms with van der Waals surface area (Å²) in [6, 6.07) is 0. The third-order valence-corrected chi connectivity index (χ3v) is 0.874. The zero-order valence-electron chi connectivity index (χ0n) is 6.54. The Morgan fingerprint density at radius 2 is 2.55 bits per heavy atom. The van der Waals surface area contributed by atoms with Gasteiger partial charge in [0.1, 0.15) is 6.61 Å². The molecule has 1 amide bonds. The molecule has 0 saturated carbocycles. The highest BCUT2D eigenvalue weighted by atomic mass is 16.5. The molecule has 64 valence electrons. The Kier molecular flexibility index (Phi) is 5.20. The molecule has 4 nitrogen and oxygen atoms in total. The van der Waals surface area contributed by atoms with Gasteiger partial charge >= 0.3 is 6.09 Å². The van der Waals surface area contributed by atoms with Gasteiger partial charge in [0.2, 0.25) is 0 Å². The number of aliphatic hydroxyl groups excluding tert-OH is 1. The molecule has 0 bridgehead atoms. The van der Waals surface area contributed by atoms with Gasteiger partial charge in [-0.15, -0.1) is 0 Å². The molecule has 1 atom stereocenters. The minimum Gasteiger partial charge on any atom is -0.445 e. The van der Waals surface area contributed by atoms with E-state index in [0.717, 1.165) is 0 Å². The Bertz CT molecular complexity index is 134. The van der Waals surface area contributed by atoms with Crippen LogP contribution >= 0.6 is 0 Å². The quantitative estimate of drug-likeness (QED) is 0.579. The van der Waals surface area contributed by atoms with Crippen molar-refractivity contribution in [2.75, 3.05) is 13.2 Å². The predicted molar refractivity (Wildman–Crippen MR) is 41.2 cm³/mol. The second kappa shape index (κ2) is 5.73. The number of ether oxygens (including phenoxy) is 1. The molecule has 0 saturated heterocycles. The van der Waals surface area contributed by atoms with Crippen molar-refractivity contribution in [1.29, 1.82) is 0 Å². The van der Waals surface area contributed by atoms with Crippen molar-refractivity contribution in [3.05, 3.63) is 12.7 Å². The van der Waals surface area contributed by atoms with Crippen molar-refractivity contribution < 1.29 is 14.6 Å². The maximum atomic E-state index is 10.6. The van der Waals surface area contributed by atoms with Crippen LogP contribution in [0.5, 0.6) is 0 Å². The Morgan fingerprint density at radius 3 is 3.00 bits per heavy atom.